The molecule has 4 atom stereocenters. The lowest BCUT2D eigenvalue weighted by Gasteiger charge is -2.41. The van der Waals surface area contributed by atoms with Crippen molar-refractivity contribution in [3.05, 3.63) is 34.9 Å². The maximum Gasteiger partial charge on any atom is 0.247 e. The third-order valence-electron chi connectivity index (χ3n) is 7.17. The van der Waals surface area contributed by atoms with Crippen molar-refractivity contribution in [3.63, 3.8) is 0 Å². The van der Waals surface area contributed by atoms with Crippen molar-refractivity contribution >= 4 is 11.8 Å². The predicted octanol–water partition coefficient (Wildman–Crippen LogP) is 2.41. The summed E-state index contributed by atoms with van der Waals surface area (Å²) in [7, 11) is 1.50. The number of nitrogens with zero attached hydrogens (tertiary/aromatic N) is 1. The van der Waals surface area contributed by atoms with Crippen LogP contribution >= 0.6 is 0 Å². The van der Waals surface area contributed by atoms with Crippen molar-refractivity contribution < 1.29 is 34.4 Å². The Balaban J connectivity index is 2.05. The summed E-state index contributed by atoms with van der Waals surface area (Å²) in [6.45, 7) is 4.27. The quantitative estimate of drug-likeness (QED) is 0.279. The molecule has 0 aromatic heterocycles. The maximum atomic E-state index is 13.3. The van der Waals surface area contributed by atoms with Crippen molar-refractivity contribution in [2.75, 3.05) is 26.8 Å². The molecule has 9 heteroatoms. The van der Waals surface area contributed by atoms with Gasteiger partial charge in [0.25, 0.3) is 0 Å². The molecule has 1 aromatic rings. The first kappa shape index (κ1) is 28.9. The minimum atomic E-state index is -1.08. The molecule has 37 heavy (non-hydrogen) atoms. The molecule has 4 N–H and O–H groups in total. The Kier molecular flexibility index (Phi) is 10.8. The largest absolute Gasteiger partial charge is 0.493 e. The number of rotatable bonds is 14. The first-order valence-electron chi connectivity index (χ1n) is 13.5. The Hall–Kier alpha value is -2.62. The molecular formula is C28H42N2O7. The first-order chi connectivity index (χ1) is 17.9. The van der Waals surface area contributed by atoms with Crippen molar-refractivity contribution in [2.45, 2.75) is 89.6 Å². The summed E-state index contributed by atoms with van der Waals surface area (Å²) in [5.41, 5.74) is 1.61. The number of hydrogen-bond donors (Lipinski definition) is 4. The number of carbonyl (C=O) groups excluding carboxylic acids is 2. The van der Waals surface area contributed by atoms with Crippen LogP contribution in [0.5, 0.6) is 11.5 Å². The molecule has 0 unspecified atom stereocenters. The molecule has 1 aliphatic heterocycles. The van der Waals surface area contributed by atoms with Gasteiger partial charge in [-0.1, -0.05) is 39.5 Å². The van der Waals surface area contributed by atoms with Crippen molar-refractivity contribution in [3.8, 4) is 11.5 Å². The van der Waals surface area contributed by atoms with Gasteiger partial charge in [0.05, 0.1) is 32.3 Å². The number of fused-ring (bicyclic) bond motifs is 3. The lowest BCUT2D eigenvalue weighted by molar-refractivity contribution is -0.137. The van der Waals surface area contributed by atoms with Crippen LogP contribution in [0.1, 0.15) is 75.8 Å². The van der Waals surface area contributed by atoms with Crippen LogP contribution < -0.4 is 14.8 Å². The number of hydrogen-bond acceptors (Lipinski definition) is 7. The molecule has 1 aromatic carbocycles. The van der Waals surface area contributed by atoms with E-state index in [0.29, 0.717) is 41.2 Å². The maximum absolute atomic E-state index is 13.3. The number of carbonyl (C=O) groups is 2. The lowest BCUT2D eigenvalue weighted by Crippen LogP contribution is -2.56. The normalized spacial score (nSPS) is 21.9. The third-order valence-corrected chi connectivity index (χ3v) is 7.17. The van der Waals surface area contributed by atoms with Gasteiger partial charge in [0.15, 0.2) is 11.5 Å². The fraction of sp³-hybridized carbons (Fsp3) is 0.643. The molecule has 0 saturated carbocycles. The van der Waals surface area contributed by atoms with E-state index in [-0.39, 0.29) is 25.7 Å². The topological polar surface area (TPSA) is 129 Å². The van der Waals surface area contributed by atoms with E-state index >= 15 is 0 Å². The highest BCUT2D eigenvalue weighted by atomic mass is 16.5. The number of methoxy groups -OCH3 is 1. The second-order valence-electron chi connectivity index (χ2n) is 9.77. The Morgan fingerprint density at radius 1 is 1.11 bits per heavy atom. The van der Waals surface area contributed by atoms with Crippen LogP contribution in [0, 0.1) is 0 Å². The number of benzene rings is 1. The number of nitrogens with one attached hydrogen (secondary N) is 1. The summed E-state index contributed by atoms with van der Waals surface area (Å²) in [4.78, 5) is 28.3. The summed E-state index contributed by atoms with van der Waals surface area (Å²) in [6, 6.07) is 2.70. The number of ether oxygens (including phenoxy) is 2. The molecule has 9 nitrogen and oxygen atoms in total. The van der Waals surface area contributed by atoms with Gasteiger partial charge in [0, 0.05) is 30.6 Å². The van der Waals surface area contributed by atoms with E-state index in [1.807, 2.05) is 6.92 Å². The number of aliphatic hydroxyl groups is 3. The molecule has 1 aliphatic carbocycles. The highest BCUT2D eigenvalue weighted by Gasteiger charge is 2.51. The summed E-state index contributed by atoms with van der Waals surface area (Å²) >= 11 is 0. The predicted molar refractivity (Wildman–Crippen MR) is 139 cm³/mol. The van der Waals surface area contributed by atoms with Crippen LogP contribution in [0.3, 0.4) is 0 Å². The number of amides is 2. The molecule has 2 aliphatic rings. The fourth-order valence-electron chi connectivity index (χ4n) is 5.24. The van der Waals surface area contributed by atoms with Gasteiger partial charge in [0.2, 0.25) is 11.8 Å². The SMILES string of the molecule is CCCCCCN(C(=O)CCCC)[C@@H]1C=C(C(=O)NCCO)[C@@H]2c3cc(CO)cc(OC)c3O[C@@H]2[C@H]1O. The van der Waals surface area contributed by atoms with Gasteiger partial charge in [0.1, 0.15) is 12.2 Å². The van der Waals surface area contributed by atoms with Gasteiger partial charge in [-0.05, 0) is 36.6 Å². The van der Waals surface area contributed by atoms with E-state index in [4.69, 9.17) is 9.47 Å². The minimum Gasteiger partial charge on any atom is -0.493 e. The van der Waals surface area contributed by atoms with Gasteiger partial charge in [-0.2, -0.15) is 0 Å². The molecule has 0 fully saturated rings. The number of aliphatic hydroxyl groups excluding tert-OH is 3. The zero-order valence-corrected chi connectivity index (χ0v) is 22.2. The average molecular weight is 519 g/mol. The summed E-state index contributed by atoms with van der Waals surface area (Å²) < 4.78 is 11.7. The molecule has 0 saturated heterocycles. The second kappa shape index (κ2) is 13.8. The van der Waals surface area contributed by atoms with E-state index in [2.05, 4.69) is 12.2 Å². The van der Waals surface area contributed by atoms with Crippen molar-refractivity contribution in [2.24, 2.45) is 0 Å². The standard InChI is InChI=1S/C28H42N2O7/c1-4-6-8-9-12-30(23(33)10-7-5-2)21-16-20(28(35)29-11-13-31)24-19-14-18(17-32)15-22(36-3)26(19)37-27(24)25(21)34/h14-16,21,24-25,27,31-32,34H,4-13,17H2,1-3H3,(H,29,35)/t21-,24+,25+,27+/m1/s1. The summed E-state index contributed by atoms with van der Waals surface area (Å²) in [5, 5.41) is 33.4. The highest BCUT2D eigenvalue weighted by molar-refractivity contribution is 5.96. The summed E-state index contributed by atoms with van der Waals surface area (Å²) in [5.74, 6) is -0.235. The van der Waals surface area contributed by atoms with Gasteiger partial charge in [-0.3, -0.25) is 9.59 Å². The molecule has 0 bridgehead atoms. The van der Waals surface area contributed by atoms with Gasteiger partial charge >= 0.3 is 0 Å². The van der Waals surface area contributed by atoms with Crippen LogP contribution in [0.25, 0.3) is 0 Å². The zero-order valence-electron chi connectivity index (χ0n) is 22.2. The Labute approximate surface area is 219 Å². The van der Waals surface area contributed by atoms with Crippen LogP contribution in [-0.4, -0.2) is 77.1 Å². The van der Waals surface area contributed by atoms with Crippen LogP contribution in [-0.2, 0) is 16.2 Å². The minimum absolute atomic E-state index is 0.0529. The fourth-order valence-corrected chi connectivity index (χ4v) is 5.24. The van der Waals surface area contributed by atoms with Crippen LogP contribution in [0.2, 0.25) is 0 Å². The molecule has 206 valence electrons. The zero-order chi connectivity index (χ0) is 26.9. The molecule has 1 heterocycles. The average Bonchev–Trinajstić information content (AvgIpc) is 3.30. The van der Waals surface area contributed by atoms with Crippen molar-refractivity contribution in [1.29, 1.82) is 0 Å². The van der Waals surface area contributed by atoms with E-state index < -0.39 is 30.1 Å². The monoisotopic (exact) mass is 518 g/mol. The van der Waals surface area contributed by atoms with Gasteiger partial charge in [-0.25, -0.2) is 0 Å². The van der Waals surface area contributed by atoms with Crippen molar-refractivity contribution in [1.82, 2.24) is 10.2 Å². The third kappa shape index (κ3) is 6.45. The number of unbranched alkanes of at least 4 members (excludes halogenated alkanes) is 4. The Morgan fingerprint density at radius 3 is 2.51 bits per heavy atom. The Morgan fingerprint density at radius 2 is 1.86 bits per heavy atom. The molecule has 0 radical (unpaired) electrons. The Bertz CT molecular complexity index is 964. The first-order valence-corrected chi connectivity index (χ1v) is 13.5. The molecular weight excluding hydrogens is 476 g/mol. The van der Waals surface area contributed by atoms with Crippen LogP contribution in [0.4, 0.5) is 0 Å². The second-order valence-corrected chi connectivity index (χ2v) is 9.77. The lowest BCUT2D eigenvalue weighted by atomic mass is 9.77. The van der Waals surface area contributed by atoms with E-state index in [0.717, 1.165) is 38.5 Å². The van der Waals surface area contributed by atoms with Crippen LogP contribution in [0.15, 0.2) is 23.8 Å². The smallest absolute Gasteiger partial charge is 0.247 e. The van der Waals surface area contributed by atoms with E-state index in [1.165, 1.54) is 7.11 Å². The highest BCUT2D eigenvalue weighted by Crippen LogP contribution is 2.51. The van der Waals surface area contributed by atoms with Gasteiger partial charge in [-0.15, -0.1) is 0 Å². The van der Waals surface area contributed by atoms with E-state index in [9.17, 15) is 24.9 Å². The van der Waals surface area contributed by atoms with E-state index in [1.54, 1.807) is 23.1 Å². The van der Waals surface area contributed by atoms with Gasteiger partial charge < -0.3 is 35.0 Å². The molecule has 3 rings (SSSR count). The molecule has 2 amide bonds. The molecule has 0 spiro atoms. The summed E-state index contributed by atoms with van der Waals surface area (Å²) in [6.07, 6.45) is 5.69.